The van der Waals surface area contributed by atoms with Gasteiger partial charge in [0.2, 0.25) is 10.0 Å². The van der Waals surface area contributed by atoms with E-state index in [1.807, 2.05) is 0 Å². The molecular formula is C16H25ClN2O2S. The SMILES string of the molecule is CC(C)C(CNS(=O)(=O)Cc1ccccc1Cl)N1CCCC1. The van der Waals surface area contributed by atoms with Gasteiger partial charge in [-0.2, -0.15) is 0 Å². The van der Waals surface area contributed by atoms with Crippen LogP contribution >= 0.6 is 11.6 Å². The van der Waals surface area contributed by atoms with Crippen LogP contribution in [0.5, 0.6) is 0 Å². The molecule has 0 bridgehead atoms. The molecule has 1 heterocycles. The van der Waals surface area contributed by atoms with Crippen molar-refractivity contribution in [2.45, 2.75) is 38.5 Å². The molecule has 0 radical (unpaired) electrons. The number of hydrogen-bond donors (Lipinski definition) is 1. The van der Waals surface area contributed by atoms with Gasteiger partial charge in [-0.1, -0.05) is 43.6 Å². The third-order valence-electron chi connectivity index (χ3n) is 4.19. The molecule has 124 valence electrons. The third-order valence-corrected chi connectivity index (χ3v) is 5.86. The van der Waals surface area contributed by atoms with Crippen molar-refractivity contribution in [3.05, 3.63) is 34.9 Å². The predicted molar refractivity (Wildman–Crippen MR) is 91.5 cm³/mol. The predicted octanol–water partition coefficient (Wildman–Crippen LogP) is 2.88. The van der Waals surface area contributed by atoms with Crippen LogP contribution in [0.2, 0.25) is 5.02 Å². The fourth-order valence-corrected chi connectivity index (χ4v) is 4.41. The highest BCUT2D eigenvalue weighted by Crippen LogP contribution is 2.19. The Kier molecular flexibility index (Phi) is 6.26. The first kappa shape index (κ1) is 17.7. The zero-order valence-electron chi connectivity index (χ0n) is 13.3. The zero-order valence-corrected chi connectivity index (χ0v) is 14.8. The van der Waals surface area contributed by atoms with E-state index >= 15 is 0 Å². The number of nitrogens with one attached hydrogen (secondary N) is 1. The normalized spacial score (nSPS) is 18.0. The number of benzene rings is 1. The average Bonchev–Trinajstić information content (AvgIpc) is 2.95. The van der Waals surface area contributed by atoms with Gasteiger partial charge in [-0.15, -0.1) is 0 Å². The Balaban J connectivity index is 1.97. The molecule has 1 atom stereocenters. The fourth-order valence-electron chi connectivity index (χ4n) is 2.94. The van der Waals surface area contributed by atoms with Gasteiger partial charge in [-0.3, -0.25) is 4.90 Å². The van der Waals surface area contributed by atoms with E-state index in [2.05, 4.69) is 23.5 Å². The van der Waals surface area contributed by atoms with Crippen molar-refractivity contribution in [1.29, 1.82) is 0 Å². The lowest BCUT2D eigenvalue weighted by atomic mass is 10.0. The number of likely N-dealkylation sites (tertiary alicyclic amines) is 1. The van der Waals surface area contributed by atoms with Crippen LogP contribution in [0, 0.1) is 5.92 Å². The second-order valence-electron chi connectivity index (χ2n) is 6.25. The molecule has 1 unspecified atom stereocenters. The molecule has 0 aromatic heterocycles. The van der Waals surface area contributed by atoms with Crippen molar-refractivity contribution in [2.75, 3.05) is 19.6 Å². The van der Waals surface area contributed by atoms with E-state index < -0.39 is 10.0 Å². The molecule has 1 fully saturated rings. The summed E-state index contributed by atoms with van der Waals surface area (Å²) in [5.74, 6) is 0.346. The van der Waals surface area contributed by atoms with E-state index in [1.54, 1.807) is 24.3 Å². The van der Waals surface area contributed by atoms with Gasteiger partial charge in [0.05, 0.1) is 5.75 Å². The molecule has 2 rings (SSSR count). The lowest BCUT2D eigenvalue weighted by Crippen LogP contribution is -2.45. The van der Waals surface area contributed by atoms with Crippen molar-refractivity contribution in [3.63, 3.8) is 0 Å². The molecule has 0 spiro atoms. The molecule has 1 N–H and O–H groups in total. The Hall–Kier alpha value is -0.620. The van der Waals surface area contributed by atoms with Crippen molar-refractivity contribution in [3.8, 4) is 0 Å². The average molecular weight is 345 g/mol. The largest absolute Gasteiger partial charge is 0.299 e. The summed E-state index contributed by atoms with van der Waals surface area (Å²) in [4.78, 5) is 2.39. The van der Waals surface area contributed by atoms with Gasteiger partial charge in [-0.25, -0.2) is 13.1 Å². The van der Waals surface area contributed by atoms with Crippen LogP contribution in [0.1, 0.15) is 32.3 Å². The topological polar surface area (TPSA) is 49.4 Å². The van der Waals surface area contributed by atoms with Crippen LogP contribution in [-0.4, -0.2) is 39.0 Å². The number of hydrogen-bond acceptors (Lipinski definition) is 3. The van der Waals surface area contributed by atoms with Crippen LogP contribution in [-0.2, 0) is 15.8 Å². The number of rotatable bonds is 7. The van der Waals surface area contributed by atoms with Gasteiger partial charge in [0.25, 0.3) is 0 Å². The minimum absolute atomic E-state index is 0.0719. The minimum atomic E-state index is -3.38. The standard InChI is InChI=1S/C16H25ClN2O2S/c1-13(2)16(19-9-5-6-10-19)11-18-22(20,21)12-14-7-3-4-8-15(14)17/h3-4,7-8,13,16,18H,5-6,9-12H2,1-2H3. The molecule has 1 aromatic carbocycles. The Morgan fingerprint density at radius 3 is 2.45 bits per heavy atom. The van der Waals surface area contributed by atoms with Gasteiger partial charge < -0.3 is 0 Å². The van der Waals surface area contributed by atoms with Gasteiger partial charge in [0, 0.05) is 17.6 Å². The van der Waals surface area contributed by atoms with Crippen LogP contribution in [0.15, 0.2) is 24.3 Å². The molecule has 1 saturated heterocycles. The summed E-state index contributed by atoms with van der Waals surface area (Å²) in [6.45, 7) is 6.88. The monoisotopic (exact) mass is 344 g/mol. The lowest BCUT2D eigenvalue weighted by molar-refractivity contribution is 0.193. The highest BCUT2D eigenvalue weighted by molar-refractivity contribution is 7.88. The van der Waals surface area contributed by atoms with Gasteiger partial charge in [-0.05, 0) is 43.5 Å². The van der Waals surface area contributed by atoms with Crippen molar-refractivity contribution in [2.24, 2.45) is 5.92 Å². The zero-order chi connectivity index (χ0) is 16.2. The highest BCUT2D eigenvalue weighted by Gasteiger charge is 2.26. The summed E-state index contributed by atoms with van der Waals surface area (Å²) in [5, 5.41) is 0.493. The summed E-state index contributed by atoms with van der Waals surface area (Å²) >= 11 is 6.05. The Morgan fingerprint density at radius 1 is 1.23 bits per heavy atom. The first-order valence-electron chi connectivity index (χ1n) is 7.84. The quantitative estimate of drug-likeness (QED) is 0.827. The first-order chi connectivity index (χ1) is 10.4. The second kappa shape index (κ2) is 7.77. The fraction of sp³-hybridized carbons (Fsp3) is 0.625. The molecule has 0 saturated carbocycles. The first-order valence-corrected chi connectivity index (χ1v) is 9.87. The van der Waals surface area contributed by atoms with E-state index in [9.17, 15) is 8.42 Å². The Morgan fingerprint density at radius 2 is 1.86 bits per heavy atom. The molecular weight excluding hydrogens is 320 g/mol. The van der Waals surface area contributed by atoms with Crippen molar-refractivity contribution < 1.29 is 8.42 Å². The van der Waals surface area contributed by atoms with Gasteiger partial charge in [0.1, 0.15) is 0 Å². The van der Waals surface area contributed by atoms with Gasteiger partial charge in [0.15, 0.2) is 0 Å². The third kappa shape index (κ3) is 4.95. The smallest absolute Gasteiger partial charge is 0.215 e. The minimum Gasteiger partial charge on any atom is -0.299 e. The number of nitrogens with zero attached hydrogens (tertiary/aromatic N) is 1. The van der Waals surface area contributed by atoms with Crippen LogP contribution in [0.3, 0.4) is 0 Å². The lowest BCUT2D eigenvalue weighted by Gasteiger charge is -2.30. The molecule has 4 nitrogen and oxygen atoms in total. The summed E-state index contributed by atoms with van der Waals surface area (Å²) < 4.78 is 27.4. The summed E-state index contributed by atoms with van der Waals surface area (Å²) in [7, 11) is -3.38. The van der Waals surface area contributed by atoms with Gasteiger partial charge >= 0.3 is 0 Å². The van der Waals surface area contributed by atoms with E-state index in [0.29, 0.717) is 23.0 Å². The molecule has 1 aliphatic rings. The molecule has 0 aliphatic carbocycles. The maximum Gasteiger partial charge on any atom is 0.215 e. The summed E-state index contributed by atoms with van der Waals surface area (Å²) in [6, 6.07) is 7.32. The van der Waals surface area contributed by atoms with Crippen LogP contribution in [0.4, 0.5) is 0 Å². The molecule has 1 aliphatic heterocycles. The Labute approximate surface area is 138 Å². The molecule has 6 heteroatoms. The van der Waals surface area contributed by atoms with Crippen LogP contribution < -0.4 is 4.72 Å². The van der Waals surface area contributed by atoms with E-state index in [-0.39, 0.29) is 11.8 Å². The molecule has 1 aromatic rings. The maximum absolute atomic E-state index is 12.3. The van der Waals surface area contributed by atoms with Crippen molar-refractivity contribution in [1.82, 2.24) is 9.62 Å². The van der Waals surface area contributed by atoms with E-state index in [0.717, 1.165) is 13.1 Å². The second-order valence-corrected chi connectivity index (χ2v) is 8.47. The summed E-state index contributed by atoms with van der Waals surface area (Å²) in [5.41, 5.74) is 0.638. The highest BCUT2D eigenvalue weighted by atomic mass is 35.5. The van der Waals surface area contributed by atoms with Crippen LogP contribution in [0.25, 0.3) is 0 Å². The summed E-state index contributed by atoms with van der Waals surface area (Å²) in [6.07, 6.45) is 2.41. The van der Waals surface area contributed by atoms with E-state index in [1.165, 1.54) is 12.8 Å². The van der Waals surface area contributed by atoms with Crippen molar-refractivity contribution >= 4 is 21.6 Å². The molecule has 22 heavy (non-hydrogen) atoms. The maximum atomic E-state index is 12.3. The number of sulfonamides is 1. The molecule has 0 amide bonds. The van der Waals surface area contributed by atoms with E-state index in [4.69, 9.17) is 11.6 Å². The Bertz CT molecular complexity index is 584. The number of halogens is 1.